The minimum Gasteiger partial charge on any atom is -0.350 e. The largest absolute Gasteiger partial charge is 0.350 e. The average Bonchev–Trinajstić information content (AvgIpc) is 2.95. The monoisotopic (exact) mass is 289 g/mol. The summed E-state index contributed by atoms with van der Waals surface area (Å²) in [4.78, 5) is 14.7. The van der Waals surface area contributed by atoms with E-state index in [1.165, 1.54) is 11.1 Å². The molecule has 1 atom stereocenters. The quantitative estimate of drug-likeness (QED) is 0.840. The van der Waals surface area contributed by atoms with Gasteiger partial charge in [0.1, 0.15) is 0 Å². The first kappa shape index (κ1) is 16.0. The van der Waals surface area contributed by atoms with Gasteiger partial charge in [-0.05, 0) is 51.0 Å². The molecule has 1 aliphatic heterocycles. The van der Waals surface area contributed by atoms with E-state index >= 15 is 0 Å². The van der Waals surface area contributed by atoms with Crippen LogP contribution in [-0.2, 0) is 17.9 Å². The predicted octanol–water partition coefficient (Wildman–Crippen LogP) is 1.90. The summed E-state index contributed by atoms with van der Waals surface area (Å²) in [5.74, 6) is 0.141. The molecular formula is C17H27N3O. The lowest BCUT2D eigenvalue weighted by atomic mass is 9.93. The van der Waals surface area contributed by atoms with E-state index in [1.54, 1.807) is 0 Å². The zero-order chi connectivity index (χ0) is 15.3. The van der Waals surface area contributed by atoms with Gasteiger partial charge in [0, 0.05) is 13.1 Å². The molecule has 116 valence electrons. The van der Waals surface area contributed by atoms with Crippen molar-refractivity contribution in [3.05, 3.63) is 35.4 Å². The molecule has 1 saturated heterocycles. The van der Waals surface area contributed by atoms with Crippen LogP contribution in [0.25, 0.3) is 0 Å². The molecule has 2 rings (SSSR count). The van der Waals surface area contributed by atoms with Crippen molar-refractivity contribution in [1.29, 1.82) is 0 Å². The molecular weight excluding hydrogens is 262 g/mol. The summed E-state index contributed by atoms with van der Waals surface area (Å²) in [5, 5.41) is 6.51. The van der Waals surface area contributed by atoms with Gasteiger partial charge >= 0.3 is 0 Å². The highest BCUT2D eigenvalue weighted by atomic mass is 16.2. The van der Waals surface area contributed by atoms with E-state index in [0.717, 1.165) is 32.4 Å². The maximum absolute atomic E-state index is 12.5. The second kappa shape index (κ2) is 7.05. The molecule has 0 bridgehead atoms. The van der Waals surface area contributed by atoms with Crippen molar-refractivity contribution >= 4 is 5.91 Å². The molecule has 2 N–H and O–H groups in total. The average molecular weight is 289 g/mol. The van der Waals surface area contributed by atoms with Crippen LogP contribution in [0.3, 0.4) is 0 Å². The molecule has 1 fully saturated rings. The smallest absolute Gasteiger partial charge is 0.240 e. The molecule has 0 aliphatic carbocycles. The highest BCUT2D eigenvalue weighted by Gasteiger charge is 2.38. The molecule has 4 nitrogen and oxygen atoms in total. The minimum absolute atomic E-state index is 0.141. The van der Waals surface area contributed by atoms with Gasteiger partial charge < -0.3 is 15.5 Å². The first-order valence-electron chi connectivity index (χ1n) is 7.82. The van der Waals surface area contributed by atoms with Crippen LogP contribution in [0.15, 0.2) is 24.3 Å². The Balaban J connectivity index is 2.01. The lowest BCUT2D eigenvalue weighted by molar-refractivity contribution is -0.127. The Morgan fingerprint density at radius 2 is 2.05 bits per heavy atom. The third kappa shape index (κ3) is 3.83. The Bertz CT molecular complexity index is 479. The first-order chi connectivity index (χ1) is 10.1. The van der Waals surface area contributed by atoms with Crippen molar-refractivity contribution < 1.29 is 4.79 Å². The normalized spacial score (nSPS) is 21.7. The third-order valence-electron chi connectivity index (χ3n) is 4.33. The molecule has 0 spiro atoms. The van der Waals surface area contributed by atoms with E-state index in [1.807, 2.05) is 6.07 Å². The van der Waals surface area contributed by atoms with E-state index in [9.17, 15) is 4.79 Å². The fraction of sp³-hybridized carbons (Fsp3) is 0.588. The van der Waals surface area contributed by atoms with Crippen molar-refractivity contribution in [2.24, 2.45) is 0 Å². The fourth-order valence-electron chi connectivity index (χ4n) is 3.03. The minimum atomic E-state index is -0.351. The summed E-state index contributed by atoms with van der Waals surface area (Å²) in [6, 6.07) is 8.31. The van der Waals surface area contributed by atoms with Gasteiger partial charge in [0.25, 0.3) is 0 Å². The Labute approximate surface area is 127 Å². The van der Waals surface area contributed by atoms with E-state index in [2.05, 4.69) is 54.8 Å². The summed E-state index contributed by atoms with van der Waals surface area (Å²) in [6.45, 7) is 4.52. The highest BCUT2D eigenvalue weighted by molar-refractivity contribution is 5.86. The molecule has 21 heavy (non-hydrogen) atoms. The van der Waals surface area contributed by atoms with Gasteiger partial charge in [-0.25, -0.2) is 0 Å². The summed E-state index contributed by atoms with van der Waals surface area (Å²) in [5.41, 5.74) is 2.12. The predicted molar refractivity (Wildman–Crippen MR) is 85.9 cm³/mol. The number of nitrogens with one attached hydrogen (secondary N) is 2. The summed E-state index contributed by atoms with van der Waals surface area (Å²) < 4.78 is 0. The van der Waals surface area contributed by atoms with Gasteiger partial charge in [0.05, 0.1) is 5.54 Å². The molecule has 0 radical (unpaired) electrons. The van der Waals surface area contributed by atoms with E-state index in [-0.39, 0.29) is 11.4 Å². The van der Waals surface area contributed by atoms with Crippen molar-refractivity contribution in [1.82, 2.24) is 15.5 Å². The lowest BCUT2D eigenvalue weighted by Gasteiger charge is -2.27. The first-order valence-corrected chi connectivity index (χ1v) is 7.82. The van der Waals surface area contributed by atoms with E-state index in [4.69, 9.17) is 0 Å². The number of carbonyl (C=O) groups is 1. The fourth-order valence-corrected chi connectivity index (χ4v) is 3.03. The molecule has 1 unspecified atom stereocenters. The van der Waals surface area contributed by atoms with Crippen molar-refractivity contribution in [2.45, 2.75) is 44.8 Å². The SMILES string of the molecule is CCC1(C(=O)NCc2ccccc2CN(C)C)CCCN1. The van der Waals surface area contributed by atoms with Gasteiger partial charge in [-0.1, -0.05) is 31.2 Å². The molecule has 1 aliphatic rings. The number of hydrogen-bond donors (Lipinski definition) is 2. The van der Waals surface area contributed by atoms with Gasteiger partial charge in [-0.3, -0.25) is 4.79 Å². The highest BCUT2D eigenvalue weighted by Crippen LogP contribution is 2.23. The number of benzene rings is 1. The molecule has 0 aromatic heterocycles. The Morgan fingerprint density at radius 3 is 2.62 bits per heavy atom. The second-order valence-corrected chi connectivity index (χ2v) is 6.16. The van der Waals surface area contributed by atoms with Crippen molar-refractivity contribution in [3.63, 3.8) is 0 Å². The van der Waals surface area contributed by atoms with Gasteiger partial charge in [-0.2, -0.15) is 0 Å². The lowest BCUT2D eigenvalue weighted by Crippen LogP contribution is -2.52. The van der Waals surface area contributed by atoms with Crippen LogP contribution < -0.4 is 10.6 Å². The van der Waals surface area contributed by atoms with Gasteiger partial charge in [-0.15, -0.1) is 0 Å². The maximum Gasteiger partial charge on any atom is 0.240 e. The van der Waals surface area contributed by atoms with Crippen LogP contribution in [0.4, 0.5) is 0 Å². The summed E-state index contributed by atoms with van der Waals surface area (Å²) in [7, 11) is 4.12. The van der Waals surface area contributed by atoms with E-state index in [0.29, 0.717) is 6.54 Å². The number of carbonyl (C=O) groups excluding carboxylic acids is 1. The number of amides is 1. The number of hydrogen-bond acceptors (Lipinski definition) is 3. The van der Waals surface area contributed by atoms with Crippen molar-refractivity contribution in [2.75, 3.05) is 20.6 Å². The molecule has 0 saturated carbocycles. The van der Waals surface area contributed by atoms with Crippen LogP contribution in [0.1, 0.15) is 37.3 Å². The molecule has 1 heterocycles. The standard InChI is InChI=1S/C17H27N3O/c1-4-17(10-7-11-19-17)16(21)18-12-14-8-5-6-9-15(14)13-20(2)3/h5-6,8-9,19H,4,7,10-13H2,1-3H3,(H,18,21). The van der Waals surface area contributed by atoms with Crippen LogP contribution in [0.5, 0.6) is 0 Å². The molecule has 1 aromatic carbocycles. The maximum atomic E-state index is 12.5. The van der Waals surface area contributed by atoms with Crippen molar-refractivity contribution in [3.8, 4) is 0 Å². The Hall–Kier alpha value is -1.39. The second-order valence-electron chi connectivity index (χ2n) is 6.16. The van der Waals surface area contributed by atoms with Gasteiger partial charge in [0.2, 0.25) is 5.91 Å². The Morgan fingerprint density at radius 1 is 1.33 bits per heavy atom. The van der Waals surface area contributed by atoms with Gasteiger partial charge in [0.15, 0.2) is 0 Å². The molecule has 1 amide bonds. The van der Waals surface area contributed by atoms with Crippen LogP contribution in [-0.4, -0.2) is 37.0 Å². The zero-order valence-corrected chi connectivity index (χ0v) is 13.4. The Kier molecular flexibility index (Phi) is 5.37. The number of rotatable bonds is 6. The molecule has 1 aromatic rings. The number of nitrogens with zero attached hydrogens (tertiary/aromatic N) is 1. The van der Waals surface area contributed by atoms with Crippen LogP contribution in [0.2, 0.25) is 0 Å². The third-order valence-corrected chi connectivity index (χ3v) is 4.33. The van der Waals surface area contributed by atoms with Crippen LogP contribution in [0, 0.1) is 0 Å². The van der Waals surface area contributed by atoms with Crippen LogP contribution >= 0.6 is 0 Å². The summed E-state index contributed by atoms with van der Waals surface area (Å²) in [6.07, 6.45) is 2.87. The topological polar surface area (TPSA) is 44.4 Å². The van der Waals surface area contributed by atoms with E-state index < -0.39 is 0 Å². The molecule has 4 heteroatoms. The zero-order valence-electron chi connectivity index (χ0n) is 13.4. The summed E-state index contributed by atoms with van der Waals surface area (Å²) >= 11 is 0.